The lowest BCUT2D eigenvalue weighted by atomic mass is 9.94. The van der Waals surface area contributed by atoms with Gasteiger partial charge in [0.05, 0.1) is 18.3 Å². The highest BCUT2D eigenvalue weighted by atomic mass is 32.2. The summed E-state index contributed by atoms with van der Waals surface area (Å²) in [4.78, 5) is 22.4. The van der Waals surface area contributed by atoms with Crippen molar-refractivity contribution in [2.75, 3.05) is 13.2 Å². The number of aliphatic hydroxyl groups is 1. The maximum absolute atomic E-state index is 13.7. The number of aromatic nitrogens is 2. The molecule has 1 unspecified atom stereocenters. The van der Waals surface area contributed by atoms with E-state index >= 15 is 0 Å². The van der Waals surface area contributed by atoms with Gasteiger partial charge < -0.3 is 15.0 Å². The average molecular weight is 569 g/mol. The van der Waals surface area contributed by atoms with Crippen molar-refractivity contribution in [1.82, 2.24) is 19.6 Å². The van der Waals surface area contributed by atoms with Gasteiger partial charge in [-0.1, -0.05) is 48.5 Å². The molecule has 2 atom stereocenters. The molecule has 0 saturated carbocycles. The standard InChI is InChI=1S/C33H36N4O3S/c1-33(2,3)41(40)37-22-27-21-28(32(39)35-18-14-23-12-16-34-17-13-23)36-31(30(27)29(37)15-19-38)26-11-7-10-25(20-26)24-8-5-4-6-9-24/h4-13,16-17,20-21,29,38H,14-15,18-19,22H2,1-3H3,(H,35,39)/t29-,41?/m1/s1. The van der Waals surface area contributed by atoms with Crippen LogP contribution in [-0.2, 0) is 24.3 Å². The number of nitrogens with zero attached hydrogens (tertiary/aromatic N) is 3. The Kier molecular flexibility index (Phi) is 8.85. The summed E-state index contributed by atoms with van der Waals surface area (Å²) >= 11 is -1.32. The van der Waals surface area contributed by atoms with Crippen molar-refractivity contribution >= 4 is 17.3 Å². The van der Waals surface area contributed by atoms with Gasteiger partial charge in [0.2, 0.25) is 0 Å². The van der Waals surface area contributed by atoms with Crippen molar-refractivity contribution in [3.05, 3.63) is 108 Å². The Balaban J connectivity index is 1.55. The van der Waals surface area contributed by atoms with Crippen LogP contribution in [-0.4, -0.2) is 47.7 Å². The Morgan fingerprint density at radius 1 is 1.02 bits per heavy atom. The first kappa shape index (κ1) is 29.0. The van der Waals surface area contributed by atoms with E-state index in [0.29, 0.717) is 37.3 Å². The van der Waals surface area contributed by atoms with Crippen LogP contribution in [0.4, 0.5) is 0 Å². The predicted molar refractivity (Wildman–Crippen MR) is 163 cm³/mol. The van der Waals surface area contributed by atoms with E-state index in [2.05, 4.69) is 34.6 Å². The number of hydrogen-bond donors (Lipinski definition) is 2. The van der Waals surface area contributed by atoms with Gasteiger partial charge in [0.1, 0.15) is 10.4 Å². The van der Waals surface area contributed by atoms with Gasteiger partial charge in [-0.15, -0.1) is 4.31 Å². The zero-order chi connectivity index (χ0) is 29.0. The average Bonchev–Trinajstić information content (AvgIpc) is 3.35. The first-order chi connectivity index (χ1) is 19.8. The van der Waals surface area contributed by atoms with Crippen LogP contribution < -0.4 is 5.32 Å². The summed E-state index contributed by atoms with van der Waals surface area (Å²) in [6.45, 7) is 6.68. The van der Waals surface area contributed by atoms with Crippen molar-refractivity contribution in [3.8, 4) is 22.4 Å². The molecule has 8 heteroatoms. The minimum absolute atomic E-state index is 0.0529. The Morgan fingerprint density at radius 2 is 1.73 bits per heavy atom. The van der Waals surface area contributed by atoms with Gasteiger partial charge in [-0.2, -0.15) is 0 Å². The highest BCUT2D eigenvalue weighted by Gasteiger charge is 2.44. The zero-order valence-corrected chi connectivity index (χ0v) is 24.5. The maximum atomic E-state index is 13.7. The van der Waals surface area contributed by atoms with Crippen LogP contribution >= 0.6 is 0 Å². The molecule has 0 radical (unpaired) electrons. The number of benzene rings is 2. The molecule has 41 heavy (non-hydrogen) atoms. The summed E-state index contributed by atoms with van der Waals surface area (Å²) in [5, 5.41) is 13.0. The van der Waals surface area contributed by atoms with Gasteiger partial charge in [0.15, 0.2) is 0 Å². The molecule has 1 amide bonds. The minimum atomic E-state index is -1.32. The smallest absolute Gasteiger partial charge is 0.269 e. The van der Waals surface area contributed by atoms with Gasteiger partial charge in [-0.25, -0.2) is 4.98 Å². The van der Waals surface area contributed by atoms with Crippen molar-refractivity contribution in [2.24, 2.45) is 0 Å². The van der Waals surface area contributed by atoms with Crippen LogP contribution in [0.2, 0.25) is 0 Å². The predicted octanol–water partition coefficient (Wildman–Crippen LogP) is 5.48. The second-order valence-corrected chi connectivity index (χ2v) is 13.4. The number of hydrogen-bond acceptors (Lipinski definition) is 6. The molecule has 0 fully saturated rings. The van der Waals surface area contributed by atoms with Crippen LogP contribution in [0.1, 0.15) is 60.4 Å². The molecular weight excluding hydrogens is 532 g/mol. The second-order valence-electron chi connectivity index (χ2n) is 11.2. The Hall–Kier alpha value is -3.56. The fourth-order valence-corrected chi connectivity index (χ4v) is 6.64. The number of carbonyl (C=O) groups is 1. The largest absolute Gasteiger partial charge is 0.597 e. The number of nitrogens with one attached hydrogen (secondary N) is 1. The fraction of sp³-hybridized carbons (Fsp3) is 0.303. The first-order valence-corrected chi connectivity index (χ1v) is 15.0. The van der Waals surface area contributed by atoms with Gasteiger partial charge in [-0.3, -0.25) is 9.78 Å². The van der Waals surface area contributed by atoms with Crippen LogP contribution in [0.25, 0.3) is 22.4 Å². The number of aliphatic hydroxyl groups excluding tert-OH is 1. The topological polar surface area (TPSA) is 101 Å². The molecule has 0 aliphatic carbocycles. The van der Waals surface area contributed by atoms with Crippen molar-refractivity contribution < 1.29 is 14.5 Å². The molecule has 3 heterocycles. The van der Waals surface area contributed by atoms with E-state index in [1.807, 2.05) is 73.6 Å². The van der Waals surface area contributed by atoms with Crippen LogP contribution in [0.5, 0.6) is 0 Å². The number of pyridine rings is 2. The molecule has 2 aromatic carbocycles. The molecule has 0 spiro atoms. The maximum Gasteiger partial charge on any atom is 0.269 e. The van der Waals surface area contributed by atoms with E-state index < -0.39 is 16.1 Å². The van der Waals surface area contributed by atoms with E-state index in [1.165, 1.54) is 0 Å². The third-order valence-electron chi connectivity index (χ3n) is 7.22. The molecule has 0 bridgehead atoms. The van der Waals surface area contributed by atoms with E-state index in [9.17, 15) is 14.5 Å². The number of carbonyl (C=O) groups excluding carboxylic acids is 1. The molecule has 7 nitrogen and oxygen atoms in total. The molecule has 2 N–H and O–H groups in total. The van der Waals surface area contributed by atoms with Crippen LogP contribution in [0.15, 0.2) is 85.2 Å². The zero-order valence-electron chi connectivity index (χ0n) is 23.7. The number of amides is 1. The molecular formula is C33H36N4O3S. The molecule has 2 aromatic heterocycles. The fourth-order valence-electron chi connectivity index (χ4n) is 5.24. The number of fused-ring (bicyclic) bond motifs is 1. The SMILES string of the molecule is CC(C)(C)[S+]([O-])N1Cc2cc(C(=O)NCCc3ccncc3)nc(-c3cccc(-c4ccccc4)c3)c2[C@H]1CCO. The third kappa shape index (κ3) is 6.52. The Bertz CT molecular complexity index is 1490. The van der Waals surface area contributed by atoms with Crippen LogP contribution in [0, 0.1) is 0 Å². The minimum Gasteiger partial charge on any atom is -0.597 e. The van der Waals surface area contributed by atoms with E-state index in [-0.39, 0.29) is 18.6 Å². The molecule has 212 valence electrons. The summed E-state index contributed by atoms with van der Waals surface area (Å²) in [5.41, 5.74) is 6.94. The lowest BCUT2D eigenvalue weighted by Crippen LogP contribution is -2.42. The lowest BCUT2D eigenvalue weighted by molar-refractivity contribution is 0.0949. The van der Waals surface area contributed by atoms with Gasteiger partial charge in [-0.05, 0) is 80.1 Å². The lowest BCUT2D eigenvalue weighted by Gasteiger charge is -2.33. The second kappa shape index (κ2) is 12.5. The van der Waals surface area contributed by atoms with Gasteiger partial charge in [0, 0.05) is 48.0 Å². The normalized spacial score (nSPS) is 15.9. The molecule has 1 aliphatic heterocycles. The summed E-state index contributed by atoms with van der Waals surface area (Å²) in [6.07, 6.45) is 4.58. The van der Waals surface area contributed by atoms with Gasteiger partial charge >= 0.3 is 0 Å². The molecule has 5 rings (SSSR count). The quantitative estimate of drug-likeness (QED) is 0.259. The summed E-state index contributed by atoms with van der Waals surface area (Å²) in [6, 6.07) is 23.7. The van der Waals surface area contributed by atoms with E-state index in [4.69, 9.17) is 4.98 Å². The number of rotatable bonds is 9. The van der Waals surface area contributed by atoms with Crippen molar-refractivity contribution in [1.29, 1.82) is 0 Å². The summed E-state index contributed by atoms with van der Waals surface area (Å²) in [7, 11) is 0. The molecule has 4 aromatic rings. The molecule has 0 saturated heterocycles. The highest BCUT2D eigenvalue weighted by molar-refractivity contribution is 7.90. The molecule has 1 aliphatic rings. The van der Waals surface area contributed by atoms with Crippen molar-refractivity contribution in [3.63, 3.8) is 0 Å². The monoisotopic (exact) mass is 568 g/mol. The Labute approximate surface area is 245 Å². The first-order valence-electron chi connectivity index (χ1n) is 13.9. The van der Waals surface area contributed by atoms with Crippen molar-refractivity contribution in [2.45, 2.75) is 50.9 Å². The highest BCUT2D eigenvalue weighted by Crippen LogP contribution is 2.45. The van der Waals surface area contributed by atoms with Crippen LogP contribution in [0.3, 0.4) is 0 Å². The van der Waals surface area contributed by atoms with E-state index in [1.54, 1.807) is 12.4 Å². The van der Waals surface area contributed by atoms with E-state index in [0.717, 1.165) is 33.4 Å². The van der Waals surface area contributed by atoms with Gasteiger partial charge in [0.25, 0.3) is 5.91 Å². The summed E-state index contributed by atoms with van der Waals surface area (Å²) in [5.74, 6) is -0.253. The third-order valence-corrected chi connectivity index (χ3v) is 9.07. The summed E-state index contributed by atoms with van der Waals surface area (Å²) < 4.78 is 15.1. The Morgan fingerprint density at radius 3 is 2.44 bits per heavy atom.